The van der Waals surface area contributed by atoms with Crippen LogP contribution >= 0.6 is 0 Å². The Morgan fingerprint density at radius 1 is 0.706 bits per heavy atom. The second-order valence-corrected chi connectivity index (χ2v) is 1.98. The van der Waals surface area contributed by atoms with Crippen LogP contribution in [0.15, 0.2) is 24.3 Å². The van der Waals surface area contributed by atoms with E-state index in [9.17, 15) is 29.4 Å². The molecular formula is C8H6MgO8. The third-order valence-electron chi connectivity index (χ3n) is 0.724. The molecule has 88 valence electrons. The fraction of sp³-hybridized carbons (Fsp3) is 0. The summed E-state index contributed by atoms with van der Waals surface area (Å²) in [5, 5.41) is 34.5. The van der Waals surface area contributed by atoms with Crippen LogP contribution in [0.5, 0.6) is 0 Å². The van der Waals surface area contributed by atoms with Gasteiger partial charge in [-0.2, -0.15) is 0 Å². The van der Waals surface area contributed by atoms with Gasteiger partial charge in [0.15, 0.2) is 0 Å². The minimum Gasteiger partial charge on any atom is -0.545 e. The van der Waals surface area contributed by atoms with Crippen molar-refractivity contribution in [1.82, 2.24) is 0 Å². The van der Waals surface area contributed by atoms with Crippen LogP contribution in [-0.2, 0) is 19.2 Å². The molecule has 0 unspecified atom stereocenters. The zero-order valence-electron chi connectivity index (χ0n) is 8.36. The molecule has 0 bridgehead atoms. The minimum atomic E-state index is -1.51. The van der Waals surface area contributed by atoms with E-state index >= 15 is 0 Å². The number of carbonyl (C=O) groups is 4. The number of carbonyl (C=O) groups excluding carboxylic acids is 2. The Morgan fingerprint density at radius 3 is 1.00 bits per heavy atom. The Kier molecular flexibility index (Phi) is 14.7. The van der Waals surface area contributed by atoms with Crippen molar-refractivity contribution in [3.8, 4) is 0 Å². The zero-order chi connectivity index (χ0) is 13.1. The normalized spacial score (nSPS) is 8.94. The van der Waals surface area contributed by atoms with Crippen LogP contribution in [0.4, 0.5) is 0 Å². The molecule has 0 amide bonds. The van der Waals surface area contributed by atoms with Gasteiger partial charge in [0.05, 0.1) is 11.9 Å². The molecule has 2 N–H and O–H groups in total. The van der Waals surface area contributed by atoms with Crippen molar-refractivity contribution in [1.29, 1.82) is 0 Å². The van der Waals surface area contributed by atoms with Crippen LogP contribution in [0.1, 0.15) is 0 Å². The number of hydrogen-bond acceptors (Lipinski definition) is 6. The van der Waals surface area contributed by atoms with Crippen molar-refractivity contribution >= 4 is 46.9 Å². The monoisotopic (exact) mass is 254 g/mol. The van der Waals surface area contributed by atoms with E-state index in [0.717, 1.165) is 0 Å². The van der Waals surface area contributed by atoms with Gasteiger partial charge >= 0.3 is 35.0 Å². The number of aliphatic carboxylic acids is 4. The Hall–Kier alpha value is -1.87. The van der Waals surface area contributed by atoms with Crippen molar-refractivity contribution in [2.45, 2.75) is 0 Å². The fourth-order valence-corrected chi connectivity index (χ4v) is 0.279. The summed E-state index contributed by atoms with van der Waals surface area (Å²) in [7, 11) is 0. The molecule has 8 nitrogen and oxygen atoms in total. The van der Waals surface area contributed by atoms with Crippen molar-refractivity contribution in [2.24, 2.45) is 0 Å². The number of carboxylic acids is 4. The molecular weight excluding hydrogens is 248 g/mol. The second-order valence-electron chi connectivity index (χ2n) is 1.98. The number of rotatable bonds is 4. The summed E-state index contributed by atoms with van der Waals surface area (Å²) in [6, 6.07) is 0. The molecule has 0 radical (unpaired) electrons. The molecule has 0 aromatic heterocycles. The maximum absolute atomic E-state index is 9.53. The minimum absolute atomic E-state index is 0. The average molecular weight is 254 g/mol. The van der Waals surface area contributed by atoms with Gasteiger partial charge in [-0.15, -0.1) is 0 Å². The van der Waals surface area contributed by atoms with Crippen LogP contribution < -0.4 is 10.2 Å². The van der Waals surface area contributed by atoms with E-state index in [-0.39, 0.29) is 23.1 Å². The van der Waals surface area contributed by atoms with E-state index in [2.05, 4.69) is 0 Å². The SMILES string of the molecule is O=C([O-])/C=C\C(=O)O.O=C([O-])/C=C\C(=O)O.[Mg+2]. The zero-order valence-corrected chi connectivity index (χ0v) is 9.77. The first-order chi connectivity index (χ1) is 7.25. The van der Waals surface area contributed by atoms with Gasteiger partial charge in [-0.25, -0.2) is 9.59 Å². The summed E-state index contributed by atoms with van der Waals surface area (Å²) in [5.74, 6) is -5.61. The van der Waals surface area contributed by atoms with Crippen molar-refractivity contribution in [3.63, 3.8) is 0 Å². The van der Waals surface area contributed by atoms with Gasteiger partial charge in [0.1, 0.15) is 0 Å². The van der Waals surface area contributed by atoms with Crippen LogP contribution in [-0.4, -0.2) is 57.1 Å². The Labute approximate surface area is 111 Å². The summed E-state index contributed by atoms with van der Waals surface area (Å²) in [4.78, 5) is 37.9. The maximum atomic E-state index is 9.53. The molecule has 0 aromatic rings. The van der Waals surface area contributed by atoms with Gasteiger partial charge < -0.3 is 30.0 Å². The fourth-order valence-electron chi connectivity index (χ4n) is 0.279. The first-order valence-electron chi connectivity index (χ1n) is 3.49. The van der Waals surface area contributed by atoms with Crippen LogP contribution in [0, 0.1) is 0 Å². The van der Waals surface area contributed by atoms with Gasteiger partial charge in [-0.3, -0.25) is 0 Å². The Balaban J connectivity index is -0.000000218. The molecule has 0 heterocycles. The first kappa shape index (κ1) is 20.5. The molecule has 0 rings (SSSR count). The van der Waals surface area contributed by atoms with E-state index in [1.54, 1.807) is 0 Å². The second kappa shape index (κ2) is 12.2. The van der Waals surface area contributed by atoms with E-state index in [4.69, 9.17) is 10.2 Å². The predicted octanol–water partition coefficient (Wildman–Crippen LogP) is -3.63. The first-order valence-corrected chi connectivity index (χ1v) is 3.49. The number of hydrogen-bond donors (Lipinski definition) is 2. The van der Waals surface area contributed by atoms with Crippen LogP contribution in [0.3, 0.4) is 0 Å². The average Bonchev–Trinajstić information content (AvgIpc) is 2.12. The summed E-state index contributed by atoms with van der Waals surface area (Å²) in [5.41, 5.74) is 0. The van der Waals surface area contributed by atoms with Crippen molar-refractivity contribution in [2.75, 3.05) is 0 Å². The molecule has 17 heavy (non-hydrogen) atoms. The molecule has 0 saturated heterocycles. The summed E-state index contributed by atoms with van der Waals surface area (Å²) < 4.78 is 0. The van der Waals surface area contributed by atoms with Crippen LogP contribution in [0.25, 0.3) is 0 Å². The van der Waals surface area contributed by atoms with Crippen LogP contribution in [0.2, 0.25) is 0 Å². The van der Waals surface area contributed by atoms with Gasteiger partial charge in [0.25, 0.3) is 0 Å². The van der Waals surface area contributed by atoms with E-state index in [0.29, 0.717) is 24.3 Å². The molecule has 0 atom stereocenters. The Morgan fingerprint density at radius 2 is 0.941 bits per heavy atom. The van der Waals surface area contributed by atoms with Gasteiger partial charge in [0, 0.05) is 12.2 Å². The quantitative estimate of drug-likeness (QED) is 0.384. The Bertz CT molecular complexity index is 277. The number of carboxylic acid groups (broad SMARTS) is 4. The van der Waals surface area contributed by atoms with Gasteiger partial charge in [0.2, 0.25) is 0 Å². The smallest absolute Gasteiger partial charge is 0.545 e. The van der Waals surface area contributed by atoms with E-state index in [1.807, 2.05) is 0 Å². The van der Waals surface area contributed by atoms with Gasteiger partial charge in [-0.05, 0) is 12.2 Å². The summed E-state index contributed by atoms with van der Waals surface area (Å²) in [6.07, 6.45) is 1.88. The molecule has 0 aliphatic heterocycles. The molecule has 0 aliphatic rings. The van der Waals surface area contributed by atoms with Gasteiger partial charge in [-0.1, -0.05) is 0 Å². The van der Waals surface area contributed by atoms with Crippen molar-refractivity contribution in [3.05, 3.63) is 24.3 Å². The van der Waals surface area contributed by atoms with Crippen molar-refractivity contribution < 1.29 is 39.6 Å². The molecule has 9 heteroatoms. The molecule has 0 spiro atoms. The largest absolute Gasteiger partial charge is 2.00 e. The maximum Gasteiger partial charge on any atom is 2.00 e. The third-order valence-corrected chi connectivity index (χ3v) is 0.724. The van der Waals surface area contributed by atoms with E-state index in [1.165, 1.54) is 0 Å². The molecule has 0 saturated carbocycles. The summed E-state index contributed by atoms with van der Waals surface area (Å²) in [6.45, 7) is 0. The standard InChI is InChI=1S/2C4H4O4.Mg/c2*5-3(6)1-2-4(7)8;/h2*1-2H,(H,5,6)(H,7,8);/q;;+2/p-2/b2*2-1-;. The predicted molar refractivity (Wildman–Crippen MR) is 49.3 cm³/mol. The third kappa shape index (κ3) is 31.5. The molecule has 0 aliphatic carbocycles. The molecule has 0 aromatic carbocycles. The topological polar surface area (TPSA) is 155 Å². The summed E-state index contributed by atoms with van der Waals surface area (Å²) >= 11 is 0. The van der Waals surface area contributed by atoms with E-state index < -0.39 is 23.9 Å². The molecule has 0 fully saturated rings.